The van der Waals surface area contributed by atoms with E-state index in [9.17, 15) is 9.59 Å². The maximum Gasteiger partial charge on any atom is 0.237 e. The van der Waals surface area contributed by atoms with Crippen LogP contribution in [0.5, 0.6) is 0 Å². The number of carbonyl (C=O) groups excluding carboxylic acids is 2. The third-order valence-electron chi connectivity index (χ3n) is 5.36. The summed E-state index contributed by atoms with van der Waals surface area (Å²) in [7, 11) is 0. The molecule has 1 fully saturated rings. The molecule has 2 amide bonds. The molecule has 0 radical (unpaired) electrons. The van der Waals surface area contributed by atoms with Crippen LogP contribution in [0.1, 0.15) is 51.2 Å². The van der Waals surface area contributed by atoms with Crippen molar-refractivity contribution in [2.45, 2.75) is 65.6 Å². The number of aryl methyl sites for hydroxylation is 1. The van der Waals surface area contributed by atoms with Gasteiger partial charge in [-0.2, -0.15) is 0 Å². The van der Waals surface area contributed by atoms with Crippen LogP contribution in [0.2, 0.25) is 0 Å². The molecule has 0 unspecified atom stereocenters. The average molecular weight is 360 g/mol. The summed E-state index contributed by atoms with van der Waals surface area (Å²) in [6, 6.07) is 8.24. The number of amides is 2. The van der Waals surface area contributed by atoms with Crippen molar-refractivity contribution in [1.82, 2.24) is 15.1 Å². The molecular weight excluding hydrogens is 326 g/mol. The number of hydrogen-bond acceptors (Lipinski definition) is 3. The van der Waals surface area contributed by atoms with E-state index >= 15 is 0 Å². The molecule has 144 valence electrons. The van der Waals surface area contributed by atoms with Crippen molar-refractivity contribution in [2.75, 3.05) is 19.6 Å². The highest BCUT2D eigenvalue weighted by atomic mass is 16.2. The highest BCUT2D eigenvalue weighted by Crippen LogP contribution is 2.17. The number of benzene rings is 1. The molecule has 1 saturated heterocycles. The van der Waals surface area contributed by atoms with Gasteiger partial charge >= 0.3 is 0 Å². The third kappa shape index (κ3) is 5.07. The van der Waals surface area contributed by atoms with E-state index in [1.807, 2.05) is 11.8 Å². The Hall–Kier alpha value is -1.88. The van der Waals surface area contributed by atoms with Crippen molar-refractivity contribution in [3.8, 4) is 0 Å². The predicted octanol–water partition coefficient (Wildman–Crippen LogP) is 2.72. The van der Waals surface area contributed by atoms with Gasteiger partial charge in [0, 0.05) is 32.2 Å². The second-order valence-electron chi connectivity index (χ2n) is 7.12. The molecule has 0 aromatic heterocycles. The van der Waals surface area contributed by atoms with Gasteiger partial charge in [0.2, 0.25) is 11.8 Å². The summed E-state index contributed by atoms with van der Waals surface area (Å²) in [6.45, 7) is 11.1. The van der Waals surface area contributed by atoms with Gasteiger partial charge in [-0.15, -0.1) is 0 Å². The fourth-order valence-electron chi connectivity index (χ4n) is 3.75. The second-order valence-corrected chi connectivity index (χ2v) is 7.12. The molecule has 0 spiro atoms. The number of piperazine rings is 1. The largest absolute Gasteiger partial charge is 0.353 e. The van der Waals surface area contributed by atoms with Crippen LogP contribution in [0.15, 0.2) is 24.3 Å². The summed E-state index contributed by atoms with van der Waals surface area (Å²) in [5.74, 6) is 0.0504. The Morgan fingerprint density at radius 1 is 1.23 bits per heavy atom. The smallest absolute Gasteiger partial charge is 0.237 e. The van der Waals surface area contributed by atoms with Crippen molar-refractivity contribution >= 4 is 11.8 Å². The zero-order valence-corrected chi connectivity index (χ0v) is 16.6. The average Bonchev–Trinajstić information content (AvgIpc) is 2.64. The molecule has 5 nitrogen and oxygen atoms in total. The van der Waals surface area contributed by atoms with Crippen LogP contribution in [-0.2, 0) is 16.1 Å². The first-order chi connectivity index (χ1) is 12.5. The SMILES string of the molecule is CCC(CC)N(CC)C(=O)C[C@H]1C(=O)NCCN1Cc1ccc(C)cc1. The topological polar surface area (TPSA) is 52.7 Å². The van der Waals surface area contributed by atoms with Crippen molar-refractivity contribution in [3.63, 3.8) is 0 Å². The molecule has 26 heavy (non-hydrogen) atoms. The molecule has 1 heterocycles. The Kier molecular flexibility index (Phi) is 7.64. The zero-order chi connectivity index (χ0) is 19.1. The van der Waals surface area contributed by atoms with Gasteiger partial charge in [-0.25, -0.2) is 0 Å². The van der Waals surface area contributed by atoms with Crippen LogP contribution in [0.4, 0.5) is 0 Å². The summed E-state index contributed by atoms with van der Waals surface area (Å²) >= 11 is 0. The Bertz CT molecular complexity index is 596. The minimum absolute atomic E-state index is 0.0303. The summed E-state index contributed by atoms with van der Waals surface area (Å²) < 4.78 is 0. The molecule has 1 N–H and O–H groups in total. The highest BCUT2D eigenvalue weighted by Gasteiger charge is 2.33. The van der Waals surface area contributed by atoms with E-state index in [0.717, 1.165) is 19.4 Å². The first-order valence-electron chi connectivity index (χ1n) is 9.86. The van der Waals surface area contributed by atoms with Crippen LogP contribution < -0.4 is 5.32 Å². The molecule has 0 saturated carbocycles. The van der Waals surface area contributed by atoms with Crippen molar-refractivity contribution in [1.29, 1.82) is 0 Å². The Morgan fingerprint density at radius 3 is 2.46 bits per heavy atom. The van der Waals surface area contributed by atoms with E-state index in [1.54, 1.807) is 0 Å². The van der Waals surface area contributed by atoms with Crippen LogP contribution in [0, 0.1) is 6.92 Å². The van der Waals surface area contributed by atoms with E-state index in [2.05, 4.69) is 55.3 Å². The van der Waals surface area contributed by atoms with Crippen LogP contribution >= 0.6 is 0 Å². The fourth-order valence-corrected chi connectivity index (χ4v) is 3.75. The Balaban J connectivity index is 2.10. The van der Waals surface area contributed by atoms with Crippen molar-refractivity contribution in [2.24, 2.45) is 0 Å². The van der Waals surface area contributed by atoms with E-state index in [-0.39, 0.29) is 30.3 Å². The quantitative estimate of drug-likeness (QED) is 0.776. The summed E-state index contributed by atoms with van der Waals surface area (Å²) in [5, 5.41) is 2.93. The molecule has 1 aliphatic heterocycles. The maximum absolute atomic E-state index is 12.9. The van der Waals surface area contributed by atoms with Gasteiger partial charge < -0.3 is 10.2 Å². The second kappa shape index (κ2) is 9.72. The van der Waals surface area contributed by atoms with E-state index in [4.69, 9.17) is 0 Å². The minimum Gasteiger partial charge on any atom is -0.353 e. The van der Waals surface area contributed by atoms with Crippen molar-refractivity contribution in [3.05, 3.63) is 35.4 Å². The summed E-state index contributed by atoms with van der Waals surface area (Å²) in [6.07, 6.45) is 2.14. The van der Waals surface area contributed by atoms with Crippen LogP contribution in [0.3, 0.4) is 0 Å². The molecule has 0 bridgehead atoms. The molecule has 1 aromatic rings. The third-order valence-corrected chi connectivity index (χ3v) is 5.36. The lowest BCUT2D eigenvalue weighted by Gasteiger charge is -2.37. The lowest BCUT2D eigenvalue weighted by molar-refractivity contribution is -0.140. The maximum atomic E-state index is 12.9. The van der Waals surface area contributed by atoms with Gasteiger partial charge in [-0.05, 0) is 32.3 Å². The highest BCUT2D eigenvalue weighted by molar-refractivity contribution is 5.89. The van der Waals surface area contributed by atoms with Gasteiger partial charge in [-0.1, -0.05) is 43.7 Å². The number of rotatable bonds is 8. The number of hydrogen-bond donors (Lipinski definition) is 1. The van der Waals surface area contributed by atoms with Gasteiger partial charge in [0.15, 0.2) is 0 Å². The van der Waals surface area contributed by atoms with E-state index < -0.39 is 0 Å². The monoisotopic (exact) mass is 359 g/mol. The normalized spacial score (nSPS) is 18.0. The van der Waals surface area contributed by atoms with Crippen LogP contribution in [0.25, 0.3) is 0 Å². The molecule has 1 aliphatic rings. The number of nitrogens with one attached hydrogen (secondary N) is 1. The van der Waals surface area contributed by atoms with Crippen molar-refractivity contribution < 1.29 is 9.59 Å². The zero-order valence-electron chi connectivity index (χ0n) is 16.6. The Morgan fingerprint density at radius 2 is 1.88 bits per heavy atom. The van der Waals surface area contributed by atoms with Gasteiger partial charge in [0.25, 0.3) is 0 Å². The first kappa shape index (κ1) is 20.4. The van der Waals surface area contributed by atoms with Gasteiger partial charge in [0.1, 0.15) is 0 Å². The number of carbonyl (C=O) groups is 2. The van der Waals surface area contributed by atoms with Crippen LogP contribution in [-0.4, -0.2) is 53.3 Å². The van der Waals surface area contributed by atoms with E-state index in [0.29, 0.717) is 19.6 Å². The lowest BCUT2D eigenvalue weighted by atomic mass is 10.0. The Labute approximate surface area is 157 Å². The molecule has 5 heteroatoms. The molecular formula is C21H33N3O2. The lowest BCUT2D eigenvalue weighted by Crippen LogP contribution is -2.56. The molecule has 1 aromatic carbocycles. The van der Waals surface area contributed by atoms with Gasteiger partial charge in [-0.3, -0.25) is 14.5 Å². The first-order valence-corrected chi connectivity index (χ1v) is 9.86. The number of nitrogens with zero attached hydrogens (tertiary/aromatic N) is 2. The molecule has 1 atom stereocenters. The van der Waals surface area contributed by atoms with Gasteiger partial charge in [0.05, 0.1) is 12.5 Å². The minimum atomic E-state index is -0.388. The standard InChI is InChI=1S/C21H33N3O2/c1-5-18(6-2)24(7-3)20(25)14-19-21(26)22-12-13-23(19)15-17-10-8-16(4)9-11-17/h8-11,18-19H,5-7,12-15H2,1-4H3,(H,22,26)/t19-/m0/s1. The fraction of sp³-hybridized carbons (Fsp3) is 0.619. The molecule has 2 rings (SSSR count). The van der Waals surface area contributed by atoms with E-state index in [1.165, 1.54) is 11.1 Å². The summed E-state index contributed by atoms with van der Waals surface area (Å²) in [4.78, 5) is 29.5. The molecule has 0 aliphatic carbocycles. The summed E-state index contributed by atoms with van der Waals surface area (Å²) in [5.41, 5.74) is 2.40. The predicted molar refractivity (Wildman–Crippen MR) is 105 cm³/mol.